The smallest absolute Gasteiger partial charge is 0.0443 e. The predicted molar refractivity (Wildman–Crippen MR) is 36.7 cm³/mol. The largest absolute Gasteiger partial charge is 0.307 e. The van der Waals surface area contributed by atoms with Gasteiger partial charge in [0.2, 0.25) is 0 Å². The van der Waals surface area contributed by atoms with E-state index in [0.29, 0.717) is 0 Å². The van der Waals surface area contributed by atoms with Crippen LogP contribution < -0.4 is 0 Å². The molecule has 0 aromatic carbocycles. The molecule has 0 rings (SSSR count). The highest BCUT2D eigenvalue weighted by molar-refractivity contribution is 6.14. The molecule has 0 aromatic heterocycles. The Balaban J connectivity index is 3.26. The zero-order valence-electron chi connectivity index (χ0n) is 4.96. The Morgan fingerprint density at radius 3 is 2.88 bits per heavy atom. The lowest BCUT2D eigenvalue weighted by atomic mass is 10.5. The van der Waals surface area contributed by atoms with Crippen molar-refractivity contribution in [3.05, 3.63) is 12.3 Å². The molecule has 0 spiro atoms. The summed E-state index contributed by atoms with van der Waals surface area (Å²) in [7, 11) is 0. The molecule has 0 saturated heterocycles. The quantitative estimate of drug-likeness (QED) is 0.536. The van der Waals surface area contributed by atoms with Gasteiger partial charge in [-0.05, 0) is 6.42 Å². The third-order valence-electron chi connectivity index (χ3n) is 0.588. The van der Waals surface area contributed by atoms with Crippen LogP contribution in [0.15, 0.2) is 17.3 Å². The number of nitrogens with zero attached hydrogens (tertiary/aromatic N) is 1. The monoisotopic (exact) mass is 110 g/mol. The fourth-order valence-electron chi connectivity index (χ4n) is 0.259. The highest BCUT2D eigenvalue weighted by Gasteiger charge is 1.59. The van der Waals surface area contributed by atoms with E-state index in [-0.39, 0.29) is 0 Å². The lowest BCUT2D eigenvalue weighted by Gasteiger charge is -1.71. The summed E-state index contributed by atoms with van der Waals surface area (Å²) in [6, 6.07) is 0. The van der Waals surface area contributed by atoms with Gasteiger partial charge in [0.05, 0.1) is 0 Å². The minimum Gasteiger partial charge on any atom is -0.307 e. The molecule has 0 aliphatic carbocycles. The van der Waals surface area contributed by atoms with Gasteiger partial charge in [-0.25, -0.2) is 0 Å². The van der Waals surface area contributed by atoms with E-state index >= 15 is 0 Å². The number of hydrogen-bond acceptors (Lipinski definition) is 2. The Morgan fingerprint density at radius 1 is 1.62 bits per heavy atom. The van der Waals surface area contributed by atoms with Crippen molar-refractivity contribution in [1.29, 1.82) is 5.41 Å². The normalized spacial score (nSPS) is 11.1. The zero-order chi connectivity index (χ0) is 6.24. The Kier molecular flexibility index (Phi) is 5.38. The minimum absolute atomic E-state index is 0.995. The summed E-state index contributed by atoms with van der Waals surface area (Å²) in [5.41, 5.74) is 0. The number of nitrogens with one attached hydrogen (secondary N) is 1. The summed E-state index contributed by atoms with van der Waals surface area (Å²) in [5.74, 6) is 0. The maximum Gasteiger partial charge on any atom is 0.0443 e. The van der Waals surface area contributed by atoms with E-state index in [4.69, 9.17) is 5.41 Å². The molecule has 0 heterocycles. The van der Waals surface area contributed by atoms with Crippen LogP contribution in [-0.2, 0) is 0 Å². The van der Waals surface area contributed by atoms with Gasteiger partial charge < -0.3 is 5.41 Å². The zero-order valence-corrected chi connectivity index (χ0v) is 4.96. The molecule has 0 aromatic rings. The summed E-state index contributed by atoms with van der Waals surface area (Å²) in [4.78, 5) is 3.73. The molecule has 44 valence electrons. The van der Waals surface area contributed by atoms with Gasteiger partial charge in [-0.1, -0.05) is 13.0 Å². The average Bonchev–Trinajstić information content (AvgIpc) is 1.81. The first-order valence-corrected chi connectivity index (χ1v) is 2.59. The van der Waals surface area contributed by atoms with Crippen molar-refractivity contribution in [3.8, 4) is 0 Å². The van der Waals surface area contributed by atoms with Crippen molar-refractivity contribution in [2.45, 2.75) is 13.3 Å². The maximum atomic E-state index is 6.53. The van der Waals surface area contributed by atoms with E-state index in [1.165, 1.54) is 6.21 Å². The summed E-state index contributed by atoms with van der Waals surface area (Å²) >= 11 is 0. The maximum absolute atomic E-state index is 6.53. The fraction of sp³-hybridized carbons (Fsp3) is 0.333. The molecule has 0 unspecified atom stereocenters. The topological polar surface area (TPSA) is 36.2 Å². The second kappa shape index (κ2) is 6.08. The molecular formula is C6H10N2. The molecule has 0 amide bonds. The van der Waals surface area contributed by atoms with Crippen LogP contribution in [0.3, 0.4) is 0 Å². The fourth-order valence-corrected chi connectivity index (χ4v) is 0.259. The van der Waals surface area contributed by atoms with Gasteiger partial charge >= 0.3 is 0 Å². The molecule has 2 heteroatoms. The average molecular weight is 110 g/mol. The first kappa shape index (κ1) is 7.08. The predicted octanol–water partition coefficient (Wildman–Crippen LogP) is 1.63. The summed E-state index contributed by atoms with van der Waals surface area (Å²) in [5, 5.41) is 6.53. The van der Waals surface area contributed by atoms with E-state index in [2.05, 4.69) is 4.99 Å². The SMILES string of the molecule is CC/C=C\N=C/C=N. The third-order valence-corrected chi connectivity index (χ3v) is 0.588. The van der Waals surface area contributed by atoms with Crippen LogP contribution in [0.5, 0.6) is 0 Å². The molecule has 0 fully saturated rings. The van der Waals surface area contributed by atoms with E-state index in [0.717, 1.165) is 12.6 Å². The Bertz CT molecular complexity index is 103. The van der Waals surface area contributed by atoms with Crippen molar-refractivity contribution in [1.82, 2.24) is 0 Å². The van der Waals surface area contributed by atoms with Gasteiger partial charge in [-0.3, -0.25) is 4.99 Å². The van der Waals surface area contributed by atoms with E-state index in [9.17, 15) is 0 Å². The summed E-state index contributed by atoms with van der Waals surface area (Å²) in [6.45, 7) is 2.04. The van der Waals surface area contributed by atoms with E-state index in [1.54, 1.807) is 6.20 Å². The molecule has 0 bridgehead atoms. The second-order valence-electron chi connectivity index (χ2n) is 1.26. The van der Waals surface area contributed by atoms with Crippen LogP contribution in [0.2, 0.25) is 0 Å². The van der Waals surface area contributed by atoms with Crippen LogP contribution >= 0.6 is 0 Å². The van der Waals surface area contributed by atoms with Crippen LogP contribution in [0, 0.1) is 5.41 Å². The summed E-state index contributed by atoms with van der Waals surface area (Å²) < 4.78 is 0. The molecule has 0 radical (unpaired) electrons. The summed E-state index contributed by atoms with van der Waals surface area (Å²) in [6.07, 6.45) is 7.20. The Hall–Kier alpha value is -0.920. The minimum atomic E-state index is 0.995. The molecule has 2 nitrogen and oxygen atoms in total. The molecule has 1 N–H and O–H groups in total. The molecule has 0 atom stereocenters. The molecule has 0 aliphatic heterocycles. The van der Waals surface area contributed by atoms with E-state index < -0.39 is 0 Å². The first-order valence-electron chi connectivity index (χ1n) is 2.59. The van der Waals surface area contributed by atoms with Gasteiger partial charge in [0.15, 0.2) is 0 Å². The Labute approximate surface area is 49.5 Å². The van der Waals surface area contributed by atoms with Gasteiger partial charge in [0, 0.05) is 18.6 Å². The Morgan fingerprint density at radius 2 is 2.38 bits per heavy atom. The molecule has 0 saturated carbocycles. The van der Waals surface area contributed by atoms with Gasteiger partial charge in [0.1, 0.15) is 0 Å². The van der Waals surface area contributed by atoms with Crippen molar-refractivity contribution < 1.29 is 0 Å². The van der Waals surface area contributed by atoms with Crippen LogP contribution in [0.1, 0.15) is 13.3 Å². The second-order valence-corrected chi connectivity index (χ2v) is 1.26. The molecule has 8 heavy (non-hydrogen) atoms. The number of aliphatic imine (C=N–C) groups is 1. The number of rotatable bonds is 3. The van der Waals surface area contributed by atoms with Crippen LogP contribution in [0.25, 0.3) is 0 Å². The standard InChI is InChI=1S/C6H10N2/c1-2-3-5-8-6-4-7/h3-7H,2H2,1H3/b5-3-,7-4?,8-6-. The van der Waals surface area contributed by atoms with Crippen molar-refractivity contribution in [2.24, 2.45) is 4.99 Å². The van der Waals surface area contributed by atoms with Crippen LogP contribution in [-0.4, -0.2) is 12.4 Å². The highest BCUT2D eigenvalue weighted by atomic mass is 14.7. The highest BCUT2D eigenvalue weighted by Crippen LogP contribution is 1.77. The molecule has 0 aliphatic rings. The first-order chi connectivity index (χ1) is 3.91. The van der Waals surface area contributed by atoms with Crippen molar-refractivity contribution in [3.63, 3.8) is 0 Å². The van der Waals surface area contributed by atoms with Gasteiger partial charge in [0.25, 0.3) is 0 Å². The van der Waals surface area contributed by atoms with Crippen molar-refractivity contribution in [2.75, 3.05) is 0 Å². The lowest BCUT2D eigenvalue weighted by Crippen LogP contribution is -1.66. The third kappa shape index (κ3) is 5.08. The van der Waals surface area contributed by atoms with Crippen molar-refractivity contribution >= 4 is 12.4 Å². The van der Waals surface area contributed by atoms with Gasteiger partial charge in [-0.2, -0.15) is 0 Å². The van der Waals surface area contributed by atoms with Gasteiger partial charge in [-0.15, -0.1) is 0 Å². The number of hydrogen-bond donors (Lipinski definition) is 1. The number of allylic oxidation sites excluding steroid dienone is 1. The molecular weight excluding hydrogens is 100 g/mol. The van der Waals surface area contributed by atoms with Crippen LogP contribution in [0.4, 0.5) is 0 Å². The van der Waals surface area contributed by atoms with E-state index in [1.807, 2.05) is 13.0 Å². The lowest BCUT2D eigenvalue weighted by molar-refractivity contribution is 1.21.